The quantitative estimate of drug-likeness (QED) is 0.825. The summed E-state index contributed by atoms with van der Waals surface area (Å²) < 4.78 is 4.97. The SMILES string of the molecule is CCOC(=O)NC1CC(C(C)O)CN(C2CCCC2)C1. The van der Waals surface area contributed by atoms with Gasteiger partial charge in [0.25, 0.3) is 0 Å². The Balaban J connectivity index is 1.94. The van der Waals surface area contributed by atoms with Crippen molar-refractivity contribution in [3.63, 3.8) is 0 Å². The van der Waals surface area contributed by atoms with E-state index in [1.807, 2.05) is 13.8 Å². The van der Waals surface area contributed by atoms with Crippen LogP contribution in [0, 0.1) is 5.92 Å². The van der Waals surface area contributed by atoms with Gasteiger partial charge >= 0.3 is 6.09 Å². The van der Waals surface area contributed by atoms with Gasteiger partial charge in [0.1, 0.15) is 0 Å². The molecule has 0 spiro atoms. The second-order valence-electron chi connectivity index (χ2n) is 6.19. The number of aliphatic hydroxyl groups excluding tert-OH is 1. The van der Waals surface area contributed by atoms with E-state index in [2.05, 4.69) is 10.2 Å². The predicted octanol–water partition coefficient (Wildman–Crippen LogP) is 1.75. The Labute approximate surface area is 121 Å². The Kier molecular flexibility index (Phi) is 5.66. The topological polar surface area (TPSA) is 61.8 Å². The summed E-state index contributed by atoms with van der Waals surface area (Å²) in [6.07, 6.45) is 5.27. The van der Waals surface area contributed by atoms with E-state index in [0.29, 0.717) is 12.6 Å². The van der Waals surface area contributed by atoms with Crippen LogP contribution in [0.4, 0.5) is 4.79 Å². The van der Waals surface area contributed by atoms with Crippen LogP contribution in [-0.2, 0) is 4.74 Å². The maximum atomic E-state index is 11.6. The molecule has 1 heterocycles. The van der Waals surface area contributed by atoms with E-state index in [1.165, 1.54) is 25.7 Å². The summed E-state index contributed by atoms with van der Waals surface area (Å²) in [4.78, 5) is 14.1. The van der Waals surface area contributed by atoms with E-state index >= 15 is 0 Å². The Morgan fingerprint density at radius 2 is 2.10 bits per heavy atom. The lowest BCUT2D eigenvalue weighted by atomic mass is 9.89. The standard InChI is InChI=1S/C15H28N2O3/c1-3-20-15(19)16-13-8-12(11(2)18)9-17(10-13)14-6-4-5-7-14/h11-14,18H,3-10H2,1-2H3,(H,16,19). The summed E-state index contributed by atoms with van der Waals surface area (Å²) in [5.74, 6) is 0.233. The number of carbonyl (C=O) groups excluding carboxylic acids is 1. The molecule has 3 atom stereocenters. The van der Waals surface area contributed by atoms with Gasteiger partial charge in [0.05, 0.1) is 12.7 Å². The van der Waals surface area contributed by atoms with Gasteiger partial charge in [0.15, 0.2) is 0 Å². The fraction of sp³-hybridized carbons (Fsp3) is 0.933. The van der Waals surface area contributed by atoms with Gasteiger partial charge in [-0.3, -0.25) is 4.90 Å². The lowest BCUT2D eigenvalue weighted by molar-refractivity contribution is 0.0291. The van der Waals surface area contributed by atoms with Crippen molar-refractivity contribution in [3.05, 3.63) is 0 Å². The minimum absolute atomic E-state index is 0.0861. The van der Waals surface area contributed by atoms with E-state index in [4.69, 9.17) is 4.74 Å². The zero-order chi connectivity index (χ0) is 14.5. The maximum Gasteiger partial charge on any atom is 0.407 e. The Morgan fingerprint density at radius 1 is 1.40 bits per heavy atom. The number of nitrogens with zero attached hydrogens (tertiary/aromatic N) is 1. The molecule has 116 valence electrons. The van der Waals surface area contributed by atoms with E-state index in [9.17, 15) is 9.90 Å². The molecule has 2 fully saturated rings. The number of ether oxygens (including phenoxy) is 1. The summed E-state index contributed by atoms with van der Waals surface area (Å²) in [6.45, 7) is 5.88. The number of hydrogen-bond donors (Lipinski definition) is 2. The minimum atomic E-state index is -0.338. The number of rotatable bonds is 4. The highest BCUT2D eigenvalue weighted by atomic mass is 16.5. The first-order valence-corrected chi connectivity index (χ1v) is 7.95. The molecule has 0 radical (unpaired) electrons. The third-order valence-electron chi connectivity index (χ3n) is 4.63. The molecule has 0 bridgehead atoms. The highest BCUT2D eigenvalue weighted by Gasteiger charge is 2.34. The van der Waals surface area contributed by atoms with Crippen molar-refractivity contribution in [2.24, 2.45) is 5.92 Å². The van der Waals surface area contributed by atoms with Crippen LogP contribution in [0.1, 0.15) is 46.0 Å². The summed E-state index contributed by atoms with van der Waals surface area (Å²) in [6, 6.07) is 0.714. The molecule has 5 nitrogen and oxygen atoms in total. The summed E-state index contributed by atoms with van der Waals surface area (Å²) >= 11 is 0. The molecule has 3 unspecified atom stereocenters. The van der Waals surface area contributed by atoms with Crippen LogP contribution in [0.25, 0.3) is 0 Å². The van der Waals surface area contributed by atoms with E-state index in [0.717, 1.165) is 19.5 Å². The summed E-state index contributed by atoms with van der Waals surface area (Å²) in [5, 5.41) is 12.9. The van der Waals surface area contributed by atoms with Crippen LogP contribution in [0.2, 0.25) is 0 Å². The molecular formula is C15H28N2O3. The van der Waals surface area contributed by atoms with Gasteiger partial charge in [-0.1, -0.05) is 12.8 Å². The third-order valence-corrected chi connectivity index (χ3v) is 4.63. The number of aliphatic hydroxyl groups is 1. The van der Waals surface area contributed by atoms with Gasteiger partial charge in [-0.05, 0) is 39.0 Å². The van der Waals surface area contributed by atoms with Crippen molar-refractivity contribution in [3.8, 4) is 0 Å². The first-order valence-electron chi connectivity index (χ1n) is 7.95. The molecule has 20 heavy (non-hydrogen) atoms. The van der Waals surface area contributed by atoms with Gasteiger partial charge in [-0.25, -0.2) is 4.79 Å². The Hall–Kier alpha value is -0.810. The maximum absolute atomic E-state index is 11.6. The normalized spacial score (nSPS) is 30.1. The number of hydrogen-bond acceptors (Lipinski definition) is 4. The summed E-state index contributed by atoms with van der Waals surface area (Å²) in [7, 11) is 0. The van der Waals surface area contributed by atoms with E-state index < -0.39 is 0 Å². The molecule has 1 aliphatic heterocycles. The molecule has 1 amide bonds. The van der Waals surface area contributed by atoms with Crippen LogP contribution in [-0.4, -0.2) is 54.0 Å². The molecule has 1 saturated heterocycles. The monoisotopic (exact) mass is 284 g/mol. The van der Waals surface area contributed by atoms with Gasteiger partial charge in [-0.15, -0.1) is 0 Å². The Bertz CT molecular complexity index is 316. The van der Waals surface area contributed by atoms with Gasteiger partial charge < -0.3 is 15.2 Å². The molecule has 2 aliphatic rings. The van der Waals surface area contributed by atoms with Crippen LogP contribution in [0.15, 0.2) is 0 Å². The highest BCUT2D eigenvalue weighted by molar-refractivity contribution is 5.67. The molecule has 5 heteroatoms. The number of piperidine rings is 1. The van der Waals surface area contributed by atoms with Crippen LogP contribution in [0.5, 0.6) is 0 Å². The average molecular weight is 284 g/mol. The average Bonchev–Trinajstić information content (AvgIpc) is 2.92. The number of nitrogens with one attached hydrogen (secondary N) is 1. The predicted molar refractivity (Wildman–Crippen MR) is 77.6 cm³/mol. The lowest BCUT2D eigenvalue weighted by Gasteiger charge is -2.42. The number of amides is 1. The largest absolute Gasteiger partial charge is 0.450 e. The van der Waals surface area contributed by atoms with Crippen LogP contribution in [0.3, 0.4) is 0 Å². The zero-order valence-corrected chi connectivity index (χ0v) is 12.7. The minimum Gasteiger partial charge on any atom is -0.450 e. The van der Waals surface area contributed by atoms with Gasteiger partial charge in [0, 0.05) is 25.2 Å². The molecule has 2 rings (SSSR count). The second kappa shape index (κ2) is 7.27. The second-order valence-corrected chi connectivity index (χ2v) is 6.19. The lowest BCUT2D eigenvalue weighted by Crippen LogP contribution is -2.55. The van der Waals surface area contributed by atoms with Crippen LogP contribution < -0.4 is 5.32 Å². The third kappa shape index (κ3) is 4.09. The Morgan fingerprint density at radius 3 is 2.70 bits per heavy atom. The molecule has 0 aromatic heterocycles. The van der Waals surface area contributed by atoms with Crippen molar-refractivity contribution in [1.82, 2.24) is 10.2 Å². The number of alkyl carbamates (subject to hydrolysis) is 1. The van der Waals surface area contributed by atoms with Crippen molar-refractivity contribution in [2.75, 3.05) is 19.7 Å². The number of carbonyl (C=O) groups is 1. The smallest absolute Gasteiger partial charge is 0.407 e. The summed E-state index contributed by atoms with van der Waals surface area (Å²) in [5.41, 5.74) is 0. The molecule has 0 aromatic carbocycles. The number of likely N-dealkylation sites (tertiary alicyclic amines) is 1. The van der Waals surface area contributed by atoms with Gasteiger partial charge in [0.2, 0.25) is 0 Å². The van der Waals surface area contributed by atoms with Crippen molar-refractivity contribution < 1.29 is 14.6 Å². The van der Waals surface area contributed by atoms with Crippen molar-refractivity contribution >= 4 is 6.09 Å². The zero-order valence-electron chi connectivity index (χ0n) is 12.7. The van der Waals surface area contributed by atoms with Crippen molar-refractivity contribution in [1.29, 1.82) is 0 Å². The molecule has 2 N–H and O–H groups in total. The van der Waals surface area contributed by atoms with E-state index in [1.54, 1.807) is 0 Å². The first-order chi connectivity index (χ1) is 9.60. The van der Waals surface area contributed by atoms with E-state index in [-0.39, 0.29) is 24.2 Å². The fourth-order valence-corrected chi connectivity index (χ4v) is 3.53. The molecule has 1 aliphatic carbocycles. The molecular weight excluding hydrogens is 256 g/mol. The van der Waals surface area contributed by atoms with Gasteiger partial charge in [-0.2, -0.15) is 0 Å². The molecule has 0 aromatic rings. The highest BCUT2D eigenvalue weighted by Crippen LogP contribution is 2.29. The van der Waals surface area contributed by atoms with Crippen molar-refractivity contribution in [2.45, 2.75) is 64.1 Å². The first kappa shape index (κ1) is 15.6. The molecule has 1 saturated carbocycles. The van der Waals surface area contributed by atoms with Crippen LogP contribution >= 0.6 is 0 Å². The fourth-order valence-electron chi connectivity index (χ4n) is 3.53.